The Balaban J connectivity index is 0.00000162. The average molecular weight is 334 g/mol. The zero-order valence-corrected chi connectivity index (χ0v) is 13.3. The van der Waals surface area contributed by atoms with Crippen molar-refractivity contribution in [3.8, 4) is 0 Å². The zero-order chi connectivity index (χ0) is 12.3. The molecule has 1 aromatic carbocycles. The highest BCUT2D eigenvalue weighted by atomic mass is 79.9. The van der Waals surface area contributed by atoms with E-state index < -0.39 is 0 Å². The molecule has 0 spiro atoms. The SMILES string of the molecule is CN(Cc1cccc(Br)c1N)C1CCCCC1.Cl. The van der Waals surface area contributed by atoms with Gasteiger partial charge in [-0.3, -0.25) is 4.90 Å². The molecule has 0 amide bonds. The summed E-state index contributed by atoms with van der Waals surface area (Å²) < 4.78 is 1.01. The summed E-state index contributed by atoms with van der Waals surface area (Å²) in [6.45, 7) is 0.954. The van der Waals surface area contributed by atoms with Crippen LogP contribution in [0.25, 0.3) is 0 Å². The van der Waals surface area contributed by atoms with Crippen LogP contribution in [0.4, 0.5) is 5.69 Å². The molecule has 1 aromatic rings. The maximum absolute atomic E-state index is 6.09. The standard InChI is InChI=1S/C14H21BrN2.ClH/c1-17(12-7-3-2-4-8-12)10-11-6-5-9-13(15)14(11)16;/h5-6,9,12H,2-4,7-8,10,16H2,1H3;1H. The number of halogens is 2. The highest BCUT2D eigenvalue weighted by Gasteiger charge is 2.18. The van der Waals surface area contributed by atoms with Gasteiger partial charge in [0, 0.05) is 17.1 Å². The van der Waals surface area contributed by atoms with E-state index in [9.17, 15) is 0 Å². The fourth-order valence-corrected chi connectivity index (χ4v) is 3.05. The number of para-hydroxylation sites is 1. The molecule has 1 saturated carbocycles. The van der Waals surface area contributed by atoms with Crippen molar-refractivity contribution in [3.05, 3.63) is 28.2 Å². The van der Waals surface area contributed by atoms with Gasteiger partial charge in [0.15, 0.2) is 0 Å². The van der Waals surface area contributed by atoms with Crippen molar-refractivity contribution >= 4 is 34.0 Å². The minimum absolute atomic E-state index is 0. The topological polar surface area (TPSA) is 29.3 Å². The smallest absolute Gasteiger partial charge is 0.0504 e. The Morgan fingerprint density at radius 3 is 2.61 bits per heavy atom. The quantitative estimate of drug-likeness (QED) is 0.839. The molecule has 0 atom stereocenters. The Hall–Kier alpha value is -0.250. The normalized spacial score (nSPS) is 16.6. The molecule has 0 heterocycles. The van der Waals surface area contributed by atoms with Gasteiger partial charge in [0.05, 0.1) is 5.69 Å². The number of nitrogens with two attached hydrogens (primary N) is 1. The molecule has 1 aliphatic rings. The van der Waals surface area contributed by atoms with Gasteiger partial charge in [0.25, 0.3) is 0 Å². The van der Waals surface area contributed by atoms with Crippen LogP contribution in [-0.4, -0.2) is 18.0 Å². The van der Waals surface area contributed by atoms with Crippen LogP contribution in [0.2, 0.25) is 0 Å². The van der Waals surface area contributed by atoms with Crippen LogP contribution in [0.1, 0.15) is 37.7 Å². The van der Waals surface area contributed by atoms with Gasteiger partial charge in [-0.25, -0.2) is 0 Å². The molecule has 1 aliphatic carbocycles. The van der Waals surface area contributed by atoms with Crippen LogP contribution in [0.5, 0.6) is 0 Å². The number of nitrogens with zero attached hydrogens (tertiary/aromatic N) is 1. The fraction of sp³-hybridized carbons (Fsp3) is 0.571. The molecule has 2 rings (SSSR count). The summed E-state index contributed by atoms with van der Waals surface area (Å²) in [6.07, 6.45) is 6.84. The van der Waals surface area contributed by atoms with Gasteiger partial charge in [-0.1, -0.05) is 31.4 Å². The summed E-state index contributed by atoms with van der Waals surface area (Å²) in [7, 11) is 2.22. The Labute approximate surface area is 124 Å². The Bertz CT molecular complexity index is 378. The second kappa shape index (κ2) is 7.37. The lowest BCUT2D eigenvalue weighted by atomic mass is 9.94. The monoisotopic (exact) mass is 332 g/mol. The first-order chi connectivity index (χ1) is 8.18. The van der Waals surface area contributed by atoms with Crippen molar-refractivity contribution in [3.63, 3.8) is 0 Å². The average Bonchev–Trinajstić information content (AvgIpc) is 2.36. The van der Waals surface area contributed by atoms with Gasteiger partial charge in [0.2, 0.25) is 0 Å². The van der Waals surface area contributed by atoms with E-state index >= 15 is 0 Å². The first-order valence-electron chi connectivity index (χ1n) is 6.41. The van der Waals surface area contributed by atoms with Crippen LogP contribution < -0.4 is 5.73 Å². The summed E-state index contributed by atoms with van der Waals surface area (Å²) in [6, 6.07) is 6.92. The van der Waals surface area contributed by atoms with Crippen LogP contribution in [0.15, 0.2) is 22.7 Å². The maximum Gasteiger partial charge on any atom is 0.0504 e. The van der Waals surface area contributed by atoms with Crippen LogP contribution in [-0.2, 0) is 6.54 Å². The Morgan fingerprint density at radius 1 is 1.28 bits per heavy atom. The van der Waals surface area contributed by atoms with E-state index in [4.69, 9.17) is 5.73 Å². The van der Waals surface area contributed by atoms with Crippen molar-refractivity contribution in [2.75, 3.05) is 12.8 Å². The molecule has 2 nitrogen and oxygen atoms in total. The van der Waals surface area contributed by atoms with E-state index in [2.05, 4.69) is 40.0 Å². The van der Waals surface area contributed by atoms with E-state index in [1.807, 2.05) is 6.07 Å². The maximum atomic E-state index is 6.09. The molecular weight excluding hydrogens is 312 g/mol. The Morgan fingerprint density at radius 2 is 1.94 bits per heavy atom. The number of rotatable bonds is 3. The number of hydrogen-bond donors (Lipinski definition) is 1. The van der Waals surface area contributed by atoms with Crippen molar-refractivity contribution in [2.45, 2.75) is 44.7 Å². The van der Waals surface area contributed by atoms with E-state index in [-0.39, 0.29) is 12.4 Å². The molecule has 0 unspecified atom stereocenters. The number of anilines is 1. The summed E-state index contributed by atoms with van der Waals surface area (Å²) in [4.78, 5) is 2.46. The van der Waals surface area contributed by atoms with E-state index in [0.717, 1.165) is 22.7 Å². The summed E-state index contributed by atoms with van der Waals surface area (Å²) >= 11 is 3.49. The molecule has 1 fully saturated rings. The minimum Gasteiger partial charge on any atom is -0.398 e. The van der Waals surface area contributed by atoms with Gasteiger partial charge in [-0.05, 0) is 47.4 Å². The molecule has 0 aromatic heterocycles. The van der Waals surface area contributed by atoms with Crippen LogP contribution in [0, 0.1) is 0 Å². The molecule has 102 valence electrons. The van der Waals surface area contributed by atoms with Gasteiger partial charge in [-0.15, -0.1) is 12.4 Å². The molecule has 18 heavy (non-hydrogen) atoms. The predicted octanol–water partition coefficient (Wildman–Crippen LogP) is 4.22. The van der Waals surface area contributed by atoms with Crippen molar-refractivity contribution in [1.29, 1.82) is 0 Å². The lowest BCUT2D eigenvalue weighted by molar-refractivity contribution is 0.185. The summed E-state index contributed by atoms with van der Waals surface area (Å²) in [5.74, 6) is 0. The van der Waals surface area contributed by atoms with Crippen LogP contribution >= 0.6 is 28.3 Å². The Kier molecular flexibility index (Phi) is 6.47. The second-order valence-corrected chi connectivity index (χ2v) is 5.87. The fourth-order valence-electron chi connectivity index (χ4n) is 2.64. The van der Waals surface area contributed by atoms with Gasteiger partial charge in [-0.2, -0.15) is 0 Å². The van der Waals surface area contributed by atoms with Crippen LogP contribution in [0.3, 0.4) is 0 Å². The highest BCUT2D eigenvalue weighted by molar-refractivity contribution is 9.10. The lowest BCUT2D eigenvalue weighted by Gasteiger charge is -2.31. The second-order valence-electron chi connectivity index (χ2n) is 5.02. The predicted molar refractivity (Wildman–Crippen MR) is 84.1 cm³/mol. The molecule has 0 aliphatic heterocycles. The molecular formula is C14H22BrClN2. The third kappa shape index (κ3) is 3.87. The van der Waals surface area contributed by atoms with E-state index in [1.54, 1.807) is 0 Å². The first kappa shape index (κ1) is 15.8. The molecule has 2 N–H and O–H groups in total. The third-order valence-corrected chi connectivity index (χ3v) is 4.45. The largest absolute Gasteiger partial charge is 0.398 e. The number of nitrogen functional groups attached to an aromatic ring is 1. The minimum atomic E-state index is 0. The van der Waals surface area contributed by atoms with E-state index in [1.165, 1.54) is 37.7 Å². The van der Waals surface area contributed by atoms with Gasteiger partial charge >= 0.3 is 0 Å². The van der Waals surface area contributed by atoms with E-state index in [0.29, 0.717) is 0 Å². The highest BCUT2D eigenvalue weighted by Crippen LogP contribution is 2.27. The van der Waals surface area contributed by atoms with Gasteiger partial charge in [0.1, 0.15) is 0 Å². The van der Waals surface area contributed by atoms with Crippen molar-refractivity contribution in [2.24, 2.45) is 0 Å². The van der Waals surface area contributed by atoms with Gasteiger partial charge < -0.3 is 5.73 Å². The molecule has 4 heteroatoms. The third-order valence-electron chi connectivity index (χ3n) is 3.76. The van der Waals surface area contributed by atoms with Crippen molar-refractivity contribution in [1.82, 2.24) is 4.90 Å². The zero-order valence-electron chi connectivity index (χ0n) is 10.9. The molecule has 0 saturated heterocycles. The molecule has 0 radical (unpaired) electrons. The summed E-state index contributed by atoms with van der Waals surface area (Å²) in [5.41, 5.74) is 8.20. The molecule has 0 bridgehead atoms. The lowest BCUT2D eigenvalue weighted by Crippen LogP contribution is -2.33. The first-order valence-corrected chi connectivity index (χ1v) is 7.21. The number of benzene rings is 1. The van der Waals surface area contributed by atoms with Crippen molar-refractivity contribution < 1.29 is 0 Å². The number of hydrogen-bond acceptors (Lipinski definition) is 2. The summed E-state index contributed by atoms with van der Waals surface area (Å²) in [5, 5.41) is 0.